The van der Waals surface area contributed by atoms with Gasteiger partial charge in [-0.3, -0.25) is 9.10 Å². The number of hydrogen-bond acceptors (Lipinski definition) is 5. The zero-order valence-electron chi connectivity index (χ0n) is 15.5. The van der Waals surface area contributed by atoms with Crippen LogP contribution >= 0.6 is 11.3 Å². The molecular weight excluding hydrogens is 396 g/mol. The molecule has 0 saturated heterocycles. The third-order valence-electron chi connectivity index (χ3n) is 4.20. The highest BCUT2D eigenvalue weighted by Crippen LogP contribution is 2.30. The molecule has 3 aromatic rings. The van der Waals surface area contributed by atoms with E-state index in [1.165, 1.54) is 37.6 Å². The monoisotopic (exact) mass is 416 g/mol. The molecule has 0 bridgehead atoms. The molecule has 0 spiro atoms. The number of thiophene rings is 1. The van der Waals surface area contributed by atoms with Crippen molar-refractivity contribution in [1.29, 1.82) is 0 Å². The topological polar surface area (TPSA) is 75.7 Å². The van der Waals surface area contributed by atoms with E-state index in [0.29, 0.717) is 22.9 Å². The van der Waals surface area contributed by atoms with E-state index in [1.807, 2.05) is 30.3 Å². The molecule has 3 rings (SSSR count). The summed E-state index contributed by atoms with van der Waals surface area (Å²) in [5, 5.41) is 4.54. The number of methoxy groups -OCH3 is 1. The molecule has 0 aliphatic heterocycles. The maximum Gasteiger partial charge on any atom is 0.264 e. The molecule has 0 atom stereocenters. The Morgan fingerprint density at radius 2 is 1.75 bits per heavy atom. The third kappa shape index (κ3) is 4.18. The lowest BCUT2D eigenvalue weighted by Gasteiger charge is -2.20. The van der Waals surface area contributed by atoms with Crippen LogP contribution in [0.3, 0.4) is 0 Å². The van der Waals surface area contributed by atoms with E-state index in [0.717, 1.165) is 9.87 Å². The summed E-state index contributed by atoms with van der Waals surface area (Å²) in [6.07, 6.45) is 0. The van der Waals surface area contributed by atoms with E-state index >= 15 is 0 Å². The zero-order chi connectivity index (χ0) is 20.1. The Morgan fingerprint density at radius 3 is 2.39 bits per heavy atom. The average molecular weight is 417 g/mol. The maximum atomic E-state index is 12.9. The SMILES string of the molecule is COc1ccc(S(=O)(=O)N(C)c2ccsc2C(=O)NCc2ccccc2)cc1. The largest absolute Gasteiger partial charge is 0.497 e. The second-order valence-corrected chi connectivity index (χ2v) is 8.84. The molecule has 0 saturated carbocycles. The van der Waals surface area contributed by atoms with Crippen molar-refractivity contribution in [2.75, 3.05) is 18.5 Å². The van der Waals surface area contributed by atoms with Gasteiger partial charge in [0.15, 0.2) is 0 Å². The standard InChI is InChI=1S/C20H20N2O4S2/c1-22(28(24,25)17-10-8-16(26-2)9-11-17)18-12-13-27-19(18)20(23)21-14-15-6-4-3-5-7-15/h3-13H,14H2,1-2H3,(H,21,23). The smallest absolute Gasteiger partial charge is 0.264 e. The van der Waals surface area contributed by atoms with Crippen molar-refractivity contribution in [3.8, 4) is 5.75 Å². The van der Waals surface area contributed by atoms with Gasteiger partial charge in [0.25, 0.3) is 15.9 Å². The summed E-state index contributed by atoms with van der Waals surface area (Å²) in [5.41, 5.74) is 1.31. The predicted octanol–water partition coefficient (Wildman–Crippen LogP) is 3.51. The van der Waals surface area contributed by atoms with E-state index < -0.39 is 10.0 Å². The van der Waals surface area contributed by atoms with Crippen LogP contribution in [-0.4, -0.2) is 28.5 Å². The first-order valence-corrected chi connectivity index (χ1v) is 10.8. The van der Waals surface area contributed by atoms with Gasteiger partial charge in [-0.05, 0) is 41.3 Å². The number of nitrogens with one attached hydrogen (secondary N) is 1. The molecule has 28 heavy (non-hydrogen) atoms. The molecular formula is C20H20N2O4S2. The Morgan fingerprint density at radius 1 is 1.07 bits per heavy atom. The van der Waals surface area contributed by atoms with E-state index in [2.05, 4.69) is 5.32 Å². The van der Waals surface area contributed by atoms with Gasteiger partial charge in [-0.25, -0.2) is 8.42 Å². The Balaban J connectivity index is 1.80. The first-order valence-electron chi connectivity index (χ1n) is 8.46. The number of rotatable bonds is 7. The second kappa shape index (κ2) is 8.45. The van der Waals surface area contributed by atoms with Crippen molar-refractivity contribution in [2.24, 2.45) is 0 Å². The van der Waals surface area contributed by atoms with Crippen molar-refractivity contribution in [3.05, 3.63) is 76.5 Å². The Bertz CT molecular complexity index is 1050. The molecule has 6 nitrogen and oxygen atoms in total. The number of nitrogens with zero attached hydrogens (tertiary/aromatic N) is 1. The fraction of sp³-hybridized carbons (Fsp3) is 0.150. The summed E-state index contributed by atoms with van der Waals surface area (Å²) < 4.78 is 32.1. The number of benzene rings is 2. The molecule has 0 unspecified atom stereocenters. The lowest BCUT2D eigenvalue weighted by atomic mass is 10.2. The maximum absolute atomic E-state index is 12.9. The number of hydrogen-bond donors (Lipinski definition) is 1. The number of anilines is 1. The number of ether oxygens (including phenoxy) is 1. The number of carbonyl (C=O) groups excluding carboxylic acids is 1. The van der Waals surface area contributed by atoms with Crippen LogP contribution in [0.4, 0.5) is 5.69 Å². The molecule has 8 heteroatoms. The molecule has 1 aromatic heterocycles. The average Bonchev–Trinajstić information content (AvgIpc) is 3.22. The van der Waals surface area contributed by atoms with Crippen LogP contribution in [-0.2, 0) is 16.6 Å². The second-order valence-electron chi connectivity index (χ2n) is 5.95. The van der Waals surface area contributed by atoms with Crippen LogP contribution in [0, 0.1) is 0 Å². The quantitative estimate of drug-likeness (QED) is 0.640. The summed E-state index contributed by atoms with van der Waals surface area (Å²) >= 11 is 1.20. The molecule has 2 aromatic carbocycles. The lowest BCUT2D eigenvalue weighted by Crippen LogP contribution is -2.29. The molecule has 0 aliphatic rings. The van der Waals surface area contributed by atoms with Crippen LogP contribution in [0.5, 0.6) is 5.75 Å². The van der Waals surface area contributed by atoms with Gasteiger partial charge in [-0.2, -0.15) is 0 Å². The highest BCUT2D eigenvalue weighted by Gasteiger charge is 2.26. The van der Waals surface area contributed by atoms with E-state index in [1.54, 1.807) is 23.6 Å². The fourth-order valence-corrected chi connectivity index (χ4v) is 4.72. The van der Waals surface area contributed by atoms with Gasteiger partial charge in [0, 0.05) is 13.6 Å². The number of amides is 1. The van der Waals surface area contributed by atoms with Crippen LogP contribution in [0.25, 0.3) is 0 Å². The van der Waals surface area contributed by atoms with Crippen molar-refractivity contribution in [3.63, 3.8) is 0 Å². The highest BCUT2D eigenvalue weighted by molar-refractivity contribution is 7.92. The van der Waals surface area contributed by atoms with Crippen LogP contribution in [0.15, 0.2) is 70.9 Å². The third-order valence-corrected chi connectivity index (χ3v) is 6.89. The highest BCUT2D eigenvalue weighted by atomic mass is 32.2. The normalized spacial score (nSPS) is 11.1. The molecule has 0 aliphatic carbocycles. The molecule has 146 valence electrons. The van der Waals surface area contributed by atoms with Crippen molar-refractivity contribution in [1.82, 2.24) is 5.32 Å². The van der Waals surface area contributed by atoms with Crippen molar-refractivity contribution < 1.29 is 17.9 Å². The van der Waals surface area contributed by atoms with Gasteiger partial charge in [0.05, 0.1) is 17.7 Å². The Labute approximate surface area is 168 Å². The van der Waals surface area contributed by atoms with Gasteiger partial charge in [-0.1, -0.05) is 30.3 Å². The Kier molecular flexibility index (Phi) is 6.01. The van der Waals surface area contributed by atoms with Crippen LogP contribution in [0.1, 0.15) is 15.2 Å². The van der Waals surface area contributed by atoms with Gasteiger partial charge in [0.1, 0.15) is 10.6 Å². The number of sulfonamides is 1. The van der Waals surface area contributed by atoms with Crippen LogP contribution in [0.2, 0.25) is 0 Å². The summed E-state index contributed by atoms with van der Waals surface area (Å²) in [4.78, 5) is 13.1. The van der Waals surface area contributed by atoms with Gasteiger partial charge >= 0.3 is 0 Å². The molecule has 1 amide bonds. The summed E-state index contributed by atoms with van der Waals surface area (Å²) in [6.45, 7) is 0.367. The molecule has 1 heterocycles. The molecule has 0 fully saturated rings. The van der Waals surface area contributed by atoms with Gasteiger partial charge in [-0.15, -0.1) is 11.3 Å². The summed E-state index contributed by atoms with van der Waals surface area (Å²) in [7, 11) is -0.850. The summed E-state index contributed by atoms with van der Waals surface area (Å²) in [6, 6.07) is 17.3. The fourth-order valence-electron chi connectivity index (χ4n) is 2.61. The predicted molar refractivity (Wildman–Crippen MR) is 111 cm³/mol. The first kappa shape index (κ1) is 19.9. The first-order chi connectivity index (χ1) is 13.4. The lowest BCUT2D eigenvalue weighted by molar-refractivity contribution is 0.0955. The van der Waals surface area contributed by atoms with E-state index in [-0.39, 0.29) is 10.8 Å². The van der Waals surface area contributed by atoms with Gasteiger partial charge in [0.2, 0.25) is 0 Å². The van der Waals surface area contributed by atoms with Gasteiger partial charge < -0.3 is 10.1 Å². The van der Waals surface area contributed by atoms with Crippen LogP contribution < -0.4 is 14.4 Å². The summed E-state index contributed by atoms with van der Waals surface area (Å²) in [5.74, 6) is 0.253. The van der Waals surface area contributed by atoms with Crippen molar-refractivity contribution >= 4 is 33.0 Å². The minimum atomic E-state index is -3.81. The zero-order valence-corrected chi connectivity index (χ0v) is 17.1. The van der Waals surface area contributed by atoms with Crippen molar-refractivity contribution in [2.45, 2.75) is 11.4 Å². The van der Waals surface area contributed by atoms with E-state index in [9.17, 15) is 13.2 Å². The molecule has 1 N–H and O–H groups in total. The Hall–Kier alpha value is -2.84. The minimum absolute atomic E-state index is 0.123. The van der Waals surface area contributed by atoms with E-state index in [4.69, 9.17) is 4.74 Å². The number of carbonyl (C=O) groups is 1. The molecule has 0 radical (unpaired) electrons. The minimum Gasteiger partial charge on any atom is -0.497 e.